The minimum atomic E-state index is -4.03. The van der Waals surface area contributed by atoms with Crippen molar-refractivity contribution in [3.63, 3.8) is 0 Å². The molecular formula is C22H23NO11S. The highest BCUT2D eigenvalue weighted by molar-refractivity contribution is 7.86. The molecule has 0 bridgehead atoms. The van der Waals surface area contributed by atoms with Gasteiger partial charge in [-0.3, -0.25) is 14.3 Å². The quantitative estimate of drug-likeness (QED) is 0.233. The van der Waals surface area contributed by atoms with Crippen LogP contribution in [-0.4, -0.2) is 70.0 Å². The van der Waals surface area contributed by atoms with Gasteiger partial charge in [-0.15, -0.1) is 0 Å². The Morgan fingerprint density at radius 2 is 1.74 bits per heavy atom. The van der Waals surface area contributed by atoms with Crippen LogP contribution in [0.1, 0.15) is 22.2 Å². The molecule has 2 saturated heterocycles. The molecule has 12 nitrogen and oxygen atoms in total. The minimum absolute atomic E-state index is 0.0115. The van der Waals surface area contributed by atoms with Crippen LogP contribution < -0.4 is 0 Å². The number of rotatable bonds is 7. The maximum atomic E-state index is 13.0. The summed E-state index contributed by atoms with van der Waals surface area (Å²) in [6.07, 6.45) is -5.64. The van der Waals surface area contributed by atoms with E-state index in [2.05, 4.69) is 0 Å². The molecule has 188 valence electrons. The van der Waals surface area contributed by atoms with Crippen LogP contribution in [0.25, 0.3) is 0 Å². The predicted molar refractivity (Wildman–Crippen MR) is 118 cm³/mol. The number of carbonyl (C=O) groups is 1. The zero-order valence-corrected chi connectivity index (χ0v) is 19.5. The number of carbonyl (C=O) groups excluding carboxylic acids is 1. The second kappa shape index (κ2) is 10.4. The Morgan fingerprint density at radius 3 is 2.34 bits per heavy atom. The lowest BCUT2D eigenvalue weighted by Gasteiger charge is -2.47. The van der Waals surface area contributed by atoms with Gasteiger partial charge in [0.2, 0.25) is 0 Å². The summed E-state index contributed by atoms with van der Waals surface area (Å²) in [7, 11) is -2.74. The number of esters is 1. The second-order valence-electron chi connectivity index (χ2n) is 7.89. The van der Waals surface area contributed by atoms with Crippen LogP contribution in [0.2, 0.25) is 0 Å². The number of nitro groups is 1. The number of benzene rings is 2. The molecule has 6 atom stereocenters. The number of fused-ring (bicyclic) bond motifs is 1. The molecule has 0 aliphatic carbocycles. The number of ether oxygens (including phenoxy) is 5. The van der Waals surface area contributed by atoms with Crippen LogP contribution in [0, 0.1) is 10.1 Å². The van der Waals surface area contributed by atoms with E-state index in [0.29, 0.717) is 5.56 Å². The highest BCUT2D eigenvalue weighted by Gasteiger charge is 2.54. The fraction of sp³-hybridized carbons (Fsp3) is 0.409. The SMILES string of the molecule is CO[C@@H]1O[C@@H]2CO[C@H](c3ccccc3)O[C@H]2[C@H](OC(=O)c2ccc([N+](=O)[O-])cc2)[C@H]1OS(C)(=O)=O. The van der Waals surface area contributed by atoms with Gasteiger partial charge in [0.1, 0.15) is 12.2 Å². The van der Waals surface area contributed by atoms with Crippen molar-refractivity contribution in [3.05, 3.63) is 75.8 Å². The van der Waals surface area contributed by atoms with Gasteiger partial charge in [-0.2, -0.15) is 8.42 Å². The molecule has 4 rings (SSSR count). The Morgan fingerprint density at radius 1 is 1.06 bits per heavy atom. The van der Waals surface area contributed by atoms with Gasteiger partial charge >= 0.3 is 5.97 Å². The minimum Gasteiger partial charge on any atom is -0.453 e. The van der Waals surface area contributed by atoms with E-state index in [0.717, 1.165) is 18.4 Å². The van der Waals surface area contributed by atoms with Crippen molar-refractivity contribution in [1.29, 1.82) is 0 Å². The van der Waals surface area contributed by atoms with Gasteiger partial charge in [0.15, 0.2) is 24.8 Å². The van der Waals surface area contributed by atoms with Gasteiger partial charge < -0.3 is 23.7 Å². The zero-order valence-electron chi connectivity index (χ0n) is 18.7. The number of hydrogen-bond acceptors (Lipinski definition) is 11. The van der Waals surface area contributed by atoms with Crippen molar-refractivity contribution in [2.45, 2.75) is 37.0 Å². The predicted octanol–water partition coefficient (Wildman–Crippen LogP) is 1.95. The summed E-state index contributed by atoms with van der Waals surface area (Å²) in [6, 6.07) is 13.8. The van der Waals surface area contributed by atoms with Gasteiger partial charge in [0.25, 0.3) is 15.8 Å². The van der Waals surface area contributed by atoms with Gasteiger partial charge in [-0.1, -0.05) is 30.3 Å². The average molecular weight is 509 g/mol. The van der Waals surface area contributed by atoms with E-state index < -0.39 is 58.0 Å². The first kappa shape index (κ1) is 25.2. The number of non-ortho nitro benzene ring substituents is 1. The molecule has 0 saturated carbocycles. The molecule has 0 spiro atoms. The van der Waals surface area contributed by atoms with E-state index >= 15 is 0 Å². The summed E-state index contributed by atoms with van der Waals surface area (Å²) in [6.45, 7) is 0.0429. The van der Waals surface area contributed by atoms with E-state index in [1.165, 1.54) is 19.2 Å². The maximum absolute atomic E-state index is 13.0. The molecule has 2 aliphatic rings. The molecule has 0 aromatic heterocycles. The highest BCUT2D eigenvalue weighted by Crippen LogP contribution is 2.37. The van der Waals surface area contributed by atoms with Crippen LogP contribution in [0.3, 0.4) is 0 Å². The lowest BCUT2D eigenvalue weighted by Crippen LogP contribution is -2.64. The van der Waals surface area contributed by atoms with Crippen LogP contribution in [-0.2, 0) is 38.0 Å². The fourth-order valence-electron chi connectivity index (χ4n) is 3.87. The zero-order chi connectivity index (χ0) is 25.2. The first-order valence-electron chi connectivity index (χ1n) is 10.5. The van der Waals surface area contributed by atoms with Crippen molar-refractivity contribution < 1.29 is 46.0 Å². The van der Waals surface area contributed by atoms with E-state index in [4.69, 9.17) is 27.9 Å². The van der Waals surface area contributed by atoms with Crippen molar-refractivity contribution in [3.8, 4) is 0 Å². The summed E-state index contributed by atoms with van der Waals surface area (Å²) in [4.78, 5) is 23.3. The first-order chi connectivity index (χ1) is 16.7. The van der Waals surface area contributed by atoms with E-state index in [9.17, 15) is 23.3 Å². The lowest BCUT2D eigenvalue weighted by atomic mass is 9.97. The standard InChI is InChI=1S/C22H23NO11S/c1-29-22-19(34-35(2,27)28)18(32-20(24)13-8-10-15(11-9-13)23(25)26)17-16(31-22)12-30-21(33-17)14-6-4-3-5-7-14/h3-11,16-19,21-22H,12H2,1-2H3/t16-,17-,18+,19-,21+,22-/m1/s1. The Balaban J connectivity index is 1.64. The molecule has 2 aromatic carbocycles. The largest absolute Gasteiger partial charge is 0.453 e. The molecule has 0 unspecified atom stereocenters. The van der Waals surface area contributed by atoms with Crippen LogP contribution in [0.15, 0.2) is 54.6 Å². The number of nitro benzene ring substituents is 1. The second-order valence-corrected chi connectivity index (χ2v) is 9.49. The molecule has 13 heteroatoms. The van der Waals surface area contributed by atoms with E-state index in [1.807, 2.05) is 6.07 Å². The Kier molecular flexibility index (Phi) is 7.44. The smallest absolute Gasteiger partial charge is 0.338 e. The molecule has 0 radical (unpaired) electrons. The first-order valence-corrected chi connectivity index (χ1v) is 12.3. The normalized spacial score (nSPS) is 28.6. The average Bonchev–Trinajstić information content (AvgIpc) is 2.84. The van der Waals surface area contributed by atoms with E-state index in [1.54, 1.807) is 24.3 Å². The number of methoxy groups -OCH3 is 1. The third kappa shape index (κ3) is 5.83. The number of hydrogen-bond donors (Lipinski definition) is 0. The molecule has 2 aromatic rings. The lowest BCUT2D eigenvalue weighted by molar-refractivity contribution is -0.384. The monoisotopic (exact) mass is 509 g/mol. The van der Waals surface area contributed by atoms with Crippen molar-refractivity contribution >= 4 is 21.8 Å². The molecule has 2 fully saturated rings. The number of nitrogens with zero attached hydrogens (tertiary/aromatic N) is 1. The maximum Gasteiger partial charge on any atom is 0.338 e. The van der Waals surface area contributed by atoms with Crippen molar-refractivity contribution in [2.24, 2.45) is 0 Å². The van der Waals surface area contributed by atoms with E-state index in [-0.39, 0.29) is 17.9 Å². The summed E-state index contributed by atoms with van der Waals surface area (Å²) in [5.74, 6) is -0.867. The highest BCUT2D eigenvalue weighted by atomic mass is 32.2. The summed E-state index contributed by atoms with van der Waals surface area (Å²) < 4.78 is 57.8. The summed E-state index contributed by atoms with van der Waals surface area (Å²) in [5, 5.41) is 10.9. The molecule has 35 heavy (non-hydrogen) atoms. The van der Waals surface area contributed by atoms with Gasteiger partial charge in [0.05, 0.1) is 23.3 Å². The Bertz CT molecular complexity index is 1160. The third-order valence-electron chi connectivity index (χ3n) is 5.43. The van der Waals surface area contributed by atoms with Crippen LogP contribution in [0.5, 0.6) is 0 Å². The molecular weight excluding hydrogens is 486 g/mol. The summed E-state index contributed by atoms with van der Waals surface area (Å²) in [5.41, 5.74) is 0.502. The fourth-order valence-corrected chi connectivity index (χ4v) is 4.47. The topological polar surface area (TPSA) is 150 Å². The van der Waals surface area contributed by atoms with Crippen molar-refractivity contribution in [1.82, 2.24) is 0 Å². The Labute approximate surface area is 200 Å². The molecule has 2 aliphatic heterocycles. The van der Waals surface area contributed by atoms with Crippen molar-refractivity contribution in [2.75, 3.05) is 20.0 Å². The van der Waals surface area contributed by atoms with Gasteiger partial charge in [0, 0.05) is 24.8 Å². The van der Waals surface area contributed by atoms with Crippen LogP contribution in [0.4, 0.5) is 5.69 Å². The Hall–Kier alpha value is -2.94. The van der Waals surface area contributed by atoms with Gasteiger partial charge in [-0.05, 0) is 12.1 Å². The molecule has 0 amide bonds. The summed E-state index contributed by atoms with van der Waals surface area (Å²) >= 11 is 0. The third-order valence-corrected chi connectivity index (χ3v) is 6.00. The molecule has 0 N–H and O–H groups in total. The molecule has 2 heterocycles. The van der Waals surface area contributed by atoms with Crippen LogP contribution >= 0.6 is 0 Å². The van der Waals surface area contributed by atoms with Gasteiger partial charge in [-0.25, -0.2) is 4.79 Å².